The van der Waals surface area contributed by atoms with Gasteiger partial charge in [0, 0.05) is 26.0 Å². The first-order valence-corrected chi connectivity index (χ1v) is 9.78. The monoisotopic (exact) mass is 384 g/mol. The lowest BCUT2D eigenvalue weighted by Crippen LogP contribution is -2.38. The van der Waals surface area contributed by atoms with E-state index in [0.29, 0.717) is 0 Å². The summed E-state index contributed by atoms with van der Waals surface area (Å²) >= 11 is 0. The lowest BCUT2D eigenvalue weighted by molar-refractivity contribution is -0.121. The molecule has 2 aromatic carbocycles. The Hall–Kier alpha value is -2.97. The highest BCUT2D eigenvalue weighted by Crippen LogP contribution is 2.14. The number of benzene rings is 2. The van der Waals surface area contributed by atoms with Crippen molar-refractivity contribution >= 4 is 15.9 Å². The minimum absolute atomic E-state index is 0.157. The van der Waals surface area contributed by atoms with Crippen molar-refractivity contribution in [2.75, 3.05) is 13.6 Å². The van der Waals surface area contributed by atoms with E-state index in [-0.39, 0.29) is 23.9 Å². The van der Waals surface area contributed by atoms with Gasteiger partial charge in [0.15, 0.2) is 0 Å². The van der Waals surface area contributed by atoms with Crippen molar-refractivity contribution in [1.29, 1.82) is 0 Å². The standard InChI is InChI=1S/C19H20N4O3S/c1-22(27(25,26)17-9-3-2-4-10-17)15-19(24)20-14-16-8-5-6-11-18(16)23-13-7-12-21-23/h2-13H,14-15H2,1H3,(H,20,24). The molecule has 7 nitrogen and oxygen atoms in total. The van der Waals surface area contributed by atoms with Crippen molar-refractivity contribution in [2.45, 2.75) is 11.4 Å². The fourth-order valence-corrected chi connectivity index (χ4v) is 3.75. The second-order valence-corrected chi connectivity index (χ2v) is 7.98. The van der Waals surface area contributed by atoms with Crippen LogP contribution in [0.5, 0.6) is 0 Å². The van der Waals surface area contributed by atoms with Gasteiger partial charge in [-0.15, -0.1) is 0 Å². The summed E-state index contributed by atoms with van der Waals surface area (Å²) in [6.07, 6.45) is 3.50. The van der Waals surface area contributed by atoms with Crippen LogP contribution in [0.25, 0.3) is 5.69 Å². The molecule has 3 aromatic rings. The van der Waals surface area contributed by atoms with Crippen LogP contribution < -0.4 is 5.32 Å². The summed E-state index contributed by atoms with van der Waals surface area (Å²) in [5.41, 5.74) is 1.73. The largest absolute Gasteiger partial charge is 0.351 e. The lowest BCUT2D eigenvalue weighted by atomic mass is 10.2. The molecule has 0 radical (unpaired) electrons. The van der Waals surface area contributed by atoms with Gasteiger partial charge >= 0.3 is 0 Å². The maximum atomic E-state index is 12.5. The van der Waals surface area contributed by atoms with Gasteiger partial charge in [-0.3, -0.25) is 4.79 Å². The van der Waals surface area contributed by atoms with Crippen LogP contribution in [0.3, 0.4) is 0 Å². The van der Waals surface area contributed by atoms with E-state index in [1.807, 2.05) is 36.5 Å². The molecule has 1 N–H and O–H groups in total. The highest BCUT2D eigenvalue weighted by molar-refractivity contribution is 7.89. The SMILES string of the molecule is CN(CC(=O)NCc1ccccc1-n1cccn1)S(=O)(=O)c1ccccc1. The molecule has 140 valence electrons. The van der Waals surface area contributed by atoms with Crippen molar-refractivity contribution in [3.05, 3.63) is 78.6 Å². The molecule has 8 heteroatoms. The third kappa shape index (κ3) is 4.42. The Labute approximate surface area is 158 Å². The van der Waals surface area contributed by atoms with Gasteiger partial charge in [0.2, 0.25) is 15.9 Å². The third-order valence-corrected chi connectivity index (χ3v) is 5.85. The molecule has 0 saturated heterocycles. The number of amides is 1. The molecule has 1 heterocycles. The van der Waals surface area contributed by atoms with E-state index in [2.05, 4.69) is 10.4 Å². The van der Waals surface area contributed by atoms with Crippen molar-refractivity contribution in [3.63, 3.8) is 0 Å². The second kappa shape index (κ2) is 8.15. The average molecular weight is 384 g/mol. The van der Waals surface area contributed by atoms with E-state index in [1.54, 1.807) is 29.1 Å². The number of nitrogens with one attached hydrogen (secondary N) is 1. The molecular weight excluding hydrogens is 364 g/mol. The number of carbonyl (C=O) groups excluding carboxylic acids is 1. The zero-order chi connectivity index (χ0) is 19.3. The van der Waals surface area contributed by atoms with Gasteiger partial charge in [0.1, 0.15) is 0 Å². The Morgan fingerprint density at radius 2 is 1.78 bits per heavy atom. The highest BCUT2D eigenvalue weighted by atomic mass is 32.2. The Morgan fingerprint density at radius 3 is 2.48 bits per heavy atom. The lowest BCUT2D eigenvalue weighted by Gasteiger charge is -2.17. The van der Waals surface area contributed by atoms with Crippen LogP contribution in [-0.4, -0.2) is 42.0 Å². The Kier molecular flexibility index (Phi) is 5.68. The van der Waals surface area contributed by atoms with Crippen LogP contribution in [-0.2, 0) is 21.4 Å². The summed E-state index contributed by atoms with van der Waals surface area (Å²) in [6.45, 7) is 0.00918. The molecule has 1 amide bonds. The Bertz CT molecular complexity index is 1000. The first-order chi connectivity index (χ1) is 13.0. The minimum atomic E-state index is -3.70. The van der Waals surface area contributed by atoms with Crippen molar-refractivity contribution < 1.29 is 13.2 Å². The molecule has 0 bridgehead atoms. The van der Waals surface area contributed by atoms with E-state index in [0.717, 1.165) is 15.6 Å². The van der Waals surface area contributed by atoms with Crippen LogP contribution in [0.4, 0.5) is 0 Å². The molecule has 0 aliphatic carbocycles. The maximum absolute atomic E-state index is 12.5. The smallest absolute Gasteiger partial charge is 0.243 e. The molecule has 27 heavy (non-hydrogen) atoms. The van der Waals surface area contributed by atoms with Crippen molar-refractivity contribution in [2.24, 2.45) is 0 Å². The van der Waals surface area contributed by atoms with Gasteiger partial charge in [-0.1, -0.05) is 36.4 Å². The molecule has 0 saturated carbocycles. The number of likely N-dealkylation sites (N-methyl/N-ethyl adjacent to an activating group) is 1. The number of para-hydroxylation sites is 1. The molecular formula is C19H20N4O3S. The first-order valence-electron chi connectivity index (χ1n) is 8.34. The van der Waals surface area contributed by atoms with Crippen LogP contribution in [0.1, 0.15) is 5.56 Å². The predicted octanol–water partition coefficient (Wildman–Crippen LogP) is 1.81. The van der Waals surface area contributed by atoms with Gasteiger partial charge in [-0.2, -0.15) is 9.40 Å². The minimum Gasteiger partial charge on any atom is -0.351 e. The molecule has 0 atom stereocenters. The van der Waals surface area contributed by atoms with E-state index < -0.39 is 10.0 Å². The van der Waals surface area contributed by atoms with E-state index >= 15 is 0 Å². The van der Waals surface area contributed by atoms with Crippen LogP contribution in [0.2, 0.25) is 0 Å². The van der Waals surface area contributed by atoms with E-state index in [4.69, 9.17) is 0 Å². The Morgan fingerprint density at radius 1 is 1.07 bits per heavy atom. The summed E-state index contributed by atoms with van der Waals surface area (Å²) < 4.78 is 27.7. The zero-order valence-electron chi connectivity index (χ0n) is 14.8. The van der Waals surface area contributed by atoms with Crippen LogP contribution in [0, 0.1) is 0 Å². The summed E-state index contributed by atoms with van der Waals surface area (Å²) in [7, 11) is -2.31. The predicted molar refractivity (Wildman–Crippen MR) is 102 cm³/mol. The van der Waals surface area contributed by atoms with Crippen LogP contribution >= 0.6 is 0 Å². The molecule has 1 aromatic heterocycles. The summed E-state index contributed by atoms with van der Waals surface area (Å²) in [6, 6.07) is 17.4. The number of hydrogen-bond donors (Lipinski definition) is 1. The molecule has 0 unspecified atom stereocenters. The fraction of sp³-hybridized carbons (Fsp3) is 0.158. The number of rotatable bonds is 7. The quantitative estimate of drug-likeness (QED) is 0.673. The van der Waals surface area contributed by atoms with Gasteiger partial charge in [-0.25, -0.2) is 13.1 Å². The van der Waals surface area contributed by atoms with Crippen molar-refractivity contribution in [3.8, 4) is 5.69 Å². The summed E-state index contributed by atoms with van der Waals surface area (Å²) in [5, 5.41) is 6.97. The van der Waals surface area contributed by atoms with Gasteiger partial charge in [-0.05, 0) is 29.8 Å². The van der Waals surface area contributed by atoms with E-state index in [9.17, 15) is 13.2 Å². The first kappa shape index (κ1) is 18.8. The zero-order valence-corrected chi connectivity index (χ0v) is 15.6. The molecule has 3 rings (SSSR count). The third-order valence-electron chi connectivity index (χ3n) is 4.04. The number of carbonyl (C=O) groups is 1. The Balaban J connectivity index is 1.64. The molecule has 0 aliphatic rings. The van der Waals surface area contributed by atoms with Gasteiger partial charge in [0.05, 0.1) is 17.1 Å². The number of aromatic nitrogens is 2. The summed E-state index contributed by atoms with van der Waals surface area (Å²) in [5.74, 6) is -0.382. The normalized spacial score (nSPS) is 11.5. The van der Waals surface area contributed by atoms with Gasteiger partial charge < -0.3 is 5.32 Å². The summed E-state index contributed by atoms with van der Waals surface area (Å²) in [4.78, 5) is 12.4. The van der Waals surface area contributed by atoms with E-state index in [1.165, 1.54) is 19.2 Å². The van der Waals surface area contributed by atoms with Crippen LogP contribution in [0.15, 0.2) is 78.0 Å². The number of sulfonamides is 1. The molecule has 0 aliphatic heterocycles. The maximum Gasteiger partial charge on any atom is 0.243 e. The van der Waals surface area contributed by atoms with Gasteiger partial charge in [0.25, 0.3) is 0 Å². The molecule has 0 fully saturated rings. The average Bonchev–Trinajstić information content (AvgIpc) is 3.22. The topological polar surface area (TPSA) is 84.3 Å². The molecule has 0 spiro atoms. The second-order valence-electron chi connectivity index (χ2n) is 5.93. The van der Waals surface area contributed by atoms with Crippen molar-refractivity contribution in [1.82, 2.24) is 19.4 Å². The number of nitrogens with zero attached hydrogens (tertiary/aromatic N) is 3. The fourth-order valence-electron chi connectivity index (χ4n) is 2.60. The highest BCUT2D eigenvalue weighted by Gasteiger charge is 2.22. The number of hydrogen-bond acceptors (Lipinski definition) is 4.